The molecule has 0 aliphatic rings. The molecule has 0 N–H and O–H groups in total. The molecule has 0 radical (unpaired) electrons. The van der Waals surface area contributed by atoms with Crippen LogP contribution in [0.25, 0.3) is 0 Å². The molecule has 0 bridgehead atoms. The molecule has 6 heteroatoms. The predicted octanol–water partition coefficient (Wildman–Crippen LogP) is 2.72. The van der Waals surface area contributed by atoms with Crippen LogP contribution >= 0.6 is 7.60 Å². The molecule has 0 aromatic heterocycles. The van der Waals surface area contributed by atoms with Crippen molar-refractivity contribution in [2.24, 2.45) is 0 Å². The average molecular weight is 250 g/mol. The van der Waals surface area contributed by atoms with Gasteiger partial charge in [0.1, 0.15) is 0 Å². The number of methoxy groups -OCH3 is 1. The quantitative estimate of drug-likeness (QED) is 0.513. The summed E-state index contributed by atoms with van der Waals surface area (Å²) in [5, 5.41) is 0.432. The number of carbonyl (C=O) groups excluding carboxylic acids is 1. The third-order valence-corrected chi connectivity index (χ3v) is 4.06. The Balaban J connectivity index is 4.66. The Labute approximate surface area is 96.3 Å². The molecule has 0 atom stereocenters. The van der Waals surface area contributed by atoms with Gasteiger partial charge in [-0.3, -0.25) is 9.36 Å². The number of allylic oxidation sites excluding steroid dienone is 1. The number of hydrogen-bond donors (Lipinski definition) is 0. The first kappa shape index (κ1) is 15.4. The highest BCUT2D eigenvalue weighted by Crippen LogP contribution is 2.55. The minimum absolute atomic E-state index is 0.0620. The first-order valence-electron chi connectivity index (χ1n) is 5.13. The van der Waals surface area contributed by atoms with Gasteiger partial charge in [0.15, 0.2) is 0 Å². The van der Waals surface area contributed by atoms with E-state index in [4.69, 9.17) is 9.05 Å². The molecule has 0 rings (SSSR count). The van der Waals surface area contributed by atoms with Crippen LogP contribution in [0.15, 0.2) is 11.4 Å². The van der Waals surface area contributed by atoms with E-state index in [2.05, 4.69) is 4.74 Å². The standard InChI is InChI=1S/C10H19O5P/c1-5-14-16(12,15-6-2)9(3)7-8-10(11)13-4/h7H,5-6,8H2,1-4H3/b9-7+. The lowest BCUT2D eigenvalue weighted by Gasteiger charge is -2.17. The fourth-order valence-electron chi connectivity index (χ4n) is 1.01. The van der Waals surface area contributed by atoms with E-state index in [0.29, 0.717) is 18.5 Å². The lowest BCUT2D eigenvalue weighted by molar-refractivity contribution is -0.139. The first-order chi connectivity index (χ1) is 7.50. The summed E-state index contributed by atoms with van der Waals surface area (Å²) in [6.45, 7) is 5.68. The highest BCUT2D eigenvalue weighted by atomic mass is 31.2. The molecule has 0 aliphatic carbocycles. The Hall–Kier alpha value is -0.640. The lowest BCUT2D eigenvalue weighted by atomic mass is 10.4. The van der Waals surface area contributed by atoms with E-state index in [-0.39, 0.29) is 12.4 Å². The van der Waals surface area contributed by atoms with Crippen molar-refractivity contribution in [2.75, 3.05) is 20.3 Å². The summed E-state index contributed by atoms with van der Waals surface area (Å²) in [7, 11) is -1.92. The molecule has 16 heavy (non-hydrogen) atoms. The number of carbonyl (C=O) groups is 1. The van der Waals surface area contributed by atoms with Crippen LogP contribution in [0.5, 0.6) is 0 Å². The van der Waals surface area contributed by atoms with Gasteiger partial charge in [0, 0.05) is 5.31 Å². The SMILES string of the molecule is CCOP(=O)(OCC)/C(C)=C/CC(=O)OC. The van der Waals surface area contributed by atoms with Crippen molar-refractivity contribution in [3.05, 3.63) is 11.4 Å². The van der Waals surface area contributed by atoms with E-state index < -0.39 is 7.60 Å². The Morgan fingerprint density at radius 3 is 2.12 bits per heavy atom. The van der Waals surface area contributed by atoms with Gasteiger partial charge in [0.25, 0.3) is 0 Å². The molecule has 0 fully saturated rings. The van der Waals surface area contributed by atoms with Crippen LogP contribution in [0.1, 0.15) is 27.2 Å². The van der Waals surface area contributed by atoms with E-state index in [1.807, 2.05) is 0 Å². The molecule has 0 spiro atoms. The maximum atomic E-state index is 12.1. The van der Waals surface area contributed by atoms with Crippen molar-refractivity contribution in [2.45, 2.75) is 27.2 Å². The molecular formula is C10H19O5P. The van der Waals surface area contributed by atoms with E-state index in [0.717, 1.165) is 0 Å². The highest BCUT2D eigenvalue weighted by molar-refractivity contribution is 7.58. The third-order valence-electron chi connectivity index (χ3n) is 1.82. The molecule has 0 heterocycles. The Morgan fingerprint density at radius 2 is 1.75 bits per heavy atom. The fourth-order valence-corrected chi connectivity index (χ4v) is 2.48. The molecule has 0 saturated heterocycles. The topological polar surface area (TPSA) is 61.8 Å². The Bertz CT molecular complexity index is 288. The molecular weight excluding hydrogens is 231 g/mol. The molecule has 0 aromatic carbocycles. The fraction of sp³-hybridized carbons (Fsp3) is 0.700. The van der Waals surface area contributed by atoms with Crippen LogP contribution in [0.2, 0.25) is 0 Å². The van der Waals surface area contributed by atoms with Crippen LogP contribution in [-0.2, 0) is 23.1 Å². The van der Waals surface area contributed by atoms with Crippen LogP contribution < -0.4 is 0 Å². The van der Waals surface area contributed by atoms with Crippen LogP contribution in [0.3, 0.4) is 0 Å². The van der Waals surface area contributed by atoms with Gasteiger partial charge < -0.3 is 13.8 Å². The summed E-state index contributed by atoms with van der Waals surface area (Å²) >= 11 is 0. The largest absolute Gasteiger partial charge is 0.469 e. The van der Waals surface area contributed by atoms with Crippen molar-refractivity contribution in [3.63, 3.8) is 0 Å². The van der Waals surface area contributed by atoms with Gasteiger partial charge >= 0.3 is 13.6 Å². The zero-order chi connectivity index (χ0) is 12.6. The number of ether oxygens (including phenoxy) is 1. The smallest absolute Gasteiger partial charge is 0.356 e. The minimum Gasteiger partial charge on any atom is -0.469 e. The number of hydrogen-bond acceptors (Lipinski definition) is 5. The van der Waals surface area contributed by atoms with E-state index >= 15 is 0 Å². The summed E-state index contributed by atoms with van der Waals surface area (Å²) < 4.78 is 26.8. The number of rotatable bonds is 7. The van der Waals surface area contributed by atoms with Crippen molar-refractivity contribution in [3.8, 4) is 0 Å². The first-order valence-corrected chi connectivity index (χ1v) is 6.67. The van der Waals surface area contributed by atoms with Gasteiger partial charge in [0.2, 0.25) is 0 Å². The van der Waals surface area contributed by atoms with Gasteiger partial charge in [0.05, 0.1) is 26.7 Å². The third kappa shape index (κ3) is 4.92. The summed E-state index contributed by atoms with van der Waals surface area (Å²) in [5.74, 6) is -0.390. The Morgan fingerprint density at radius 1 is 1.25 bits per heavy atom. The van der Waals surface area contributed by atoms with Gasteiger partial charge in [-0.1, -0.05) is 6.08 Å². The molecule has 0 aliphatic heterocycles. The van der Waals surface area contributed by atoms with E-state index in [1.54, 1.807) is 20.8 Å². The van der Waals surface area contributed by atoms with E-state index in [1.165, 1.54) is 13.2 Å². The van der Waals surface area contributed by atoms with Gasteiger partial charge in [-0.25, -0.2) is 0 Å². The molecule has 5 nitrogen and oxygen atoms in total. The van der Waals surface area contributed by atoms with Crippen LogP contribution in [0, 0.1) is 0 Å². The summed E-state index contributed by atoms with van der Waals surface area (Å²) in [6.07, 6.45) is 1.57. The summed E-state index contributed by atoms with van der Waals surface area (Å²) in [6, 6.07) is 0. The monoisotopic (exact) mass is 250 g/mol. The maximum absolute atomic E-state index is 12.1. The molecule has 0 amide bonds. The number of esters is 1. The van der Waals surface area contributed by atoms with E-state index in [9.17, 15) is 9.36 Å². The zero-order valence-electron chi connectivity index (χ0n) is 10.2. The second-order valence-electron chi connectivity index (χ2n) is 2.96. The van der Waals surface area contributed by atoms with Gasteiger partial charge in [-0.15, -0.1) is 0 Å². The molecule has 0 aromatic rings. The predicted molar refractivity (Wildman–Crippen MR) is 61.2 cm³/mol. The Kier molecular flexibility index (Phi) is 7.30. The second-order valence-corrected chi connectivity index (χ2v) is 5.18. The van der Waals surface area contributed by atoms with Crippen molar-refractivity contribution in [1.82, 2.24) is 0 Å². The van der Waals surface area contributed by atoms with Crippen LogP contribution in [-0.4, -0.2) is 26.3 Å². The van der Waals surface area contributed by atoms with Crippen molar-refractivity contribution in [1.29, 1.82) is 0 Å². The molecule has 94 valence electrons. The highest BCUT2D eigenvalue weighted by Gasteiger charge is 2.25. The maximum Gasteiger partial charge on any atom is 0.356 e. The van der Waals surface area contributed by atoms with Crippen molar-refractivity contribution < 1.29 is 23.1 Å². The molecule has 0 saturated carbocycles. The average Bonchev–Trinajstić information content (AvgIpc) is 2.25. The van der Waals surface area contributed by atoms with Crippen LogP contribution in [0.4, 0.5) is 0 Å². The summed E-state index contributed by atoms with van der Waals surface area (Å²) in [4.78, 5) is 10.9. The molecule has 0 unspecified atom stereocenters. The van der Waals surface area contributed by atoms with Gasteiger partial charge in [-0.2, -0.15) is 0 Å². The minimum atomic E-state index is -3.22. The zero-order valence-corrected chi connectivity index (χ0v) is 11.1. The lowest BCUT2D eigenvalue weighted by Crippen LogP contribution is -2.00. The second kappa shape index (κ2) is 7.60. The van der Waals surface area contributed by atoms with Gasteiger partial charge in [-0.05, 0) is 20.8 Å². The normalized spacial score (nSPS) is 12.6. The summed E-state index contributed by atoms with van der Waals surface area (Å²) in [5.41, 5.74) is 0. The van der Waals surface area contributed by atoms with Crippen molar-refractivity contribution >= 4 is 13.6 Å².